The molecule has 1 saturated carbocycles. The molecule has 5 heteroatoms. The summed E-state index contributed by atoms with van der Waals surface area (Å²) in [6.45, 7) is 4.24. The summed E-state index contributed by atoms with van der Waals surface area (Å²) < 4.78 is 5.21. The molecule has 5 nitrogen and oxygen atoms in total. The van der Waals surface area contributed by atoms with Crippen molar-refractivity contribution in [2.45, 2.75) is 19.3 Å². The summed E-state index contributed by atoms with van der Waals surface area (Å²) in [4.78, 5) is 13.7. The summed E-state index contributed by atoms with van der Waals surface area (Å²) in [5, 5.41) is 12.2. The molecule has 0 unspecified atom stereocenters. The van der Waals surface area contributed by atoms with Gasteiger partial charge in [0.05, 0.1) is 19.8 Å². The highest BCUT2D eigenvalue weighted by Gasteiger charge is 2.41. The van der Waals surface area contributed by atoms with Crippen LogP contribution >= 0.6 is 0 Å². The minimum Gasteiger partial charge on any atom is -0.396 e. The normalized spacial score (nSPS) is 22.5. The van der Waals surface area contributed by atoms with E-state index in [1.807, 2.05) is 4.90 Å². The second-order valence-corrected chi connectivity index (χ2v) is 5.07. The van der Waals surface area contributed by atoms with Crippen LogP contribution in [0.3, 0.4) is 0 Å². The van der Waals surface area contributed by atoms with Crippen molar-refractivity contribution in [2.75, 3.05) is 46.0 Å². The van der Waals surface area contributed by atoms with Gasteiger partial charge in [0.15, 0.2) is 0 Å². The van der Waals surface area contributed by atoms with Crippen molar-refractivity contribution < 1.29 is 14.6 Å². The van der Waals surface area contributed by atoms with Gasteiger partial charge < -0.3 is 20.1 Å². The third-order valence-corrected chi connectivity index (χ3v) is 3.74. The largest absolute Gasteiger partial charge is 0.396 e. The summed E-state index contributed by atoms with van der Waals surface area (Å²) in [7, 11) is 0. The van der Waals surface area contributed by atoms with E-state index in [4.69, 9.17) is 9.84 Å². The van der Waals surface area contributed by atoms with E-state index < -0.39 is 0 Å². The Labute approximate surface area is 102 Å². The molecule has 2 fully saturated rings. The lowest BCUT2D eigenvalue weighted by Crippen LogP contribution is -2.45. The highest BCUT2D eigenvalue weighted by Crippen LogP contribution is 2.47. The average Bonchev–Trinajstić information content (AvgIpc) is 3.11. The number of aliphatic hydroxyl groups excluding tert-OH is 1. The number of aliphatic hydroxyl groups is 1. The average molecular weight is 242 g/mol. The molecule has 2 rings (SSSR count). The number of rotatable bonds is 6. The molecular weight excluding hydrogens is 220 g/mol. The highest BCUT2D eigenvalue weighted by molar-refractivity contribution is 5.78. The van der Waals surface area contributed by atoms with E-state index in [1.165, 1.54) is 12.8 Å². The number of hydrogen-bond acceptors (Lipinski definition) is 4. The first-order valence-electron chi connectivity index (χ1n) is 6.43. The topological polar surface area (TPSA) is 61.8 Å². The lowest BCUT2D eigenvalue weighted by Gasteiger charge is -2.27. The van der Waals surface area contributed by atoms with Crippen LogP contribution in [0.1, 0.15) is 19.3 Å². The van der Waals surface area contributed by atoms with Gasteiger partial charge in [0.25, 0.3) is 0 Å². The number of nitrogens with zero attached hydrogens (tertiary/aromatic N) is 1. The van der Waals surface area contributed by atoms with Gasteiger partial charge in [0.2, 0.25) is 5.91 Å². The first-order chi connectivity index (χ1) is 8.26. The maximum atomic E-state index is 11.8. The molecule has 0 aromatic heterocycles. The van der Waals surface area contributed by atoms with E-state index in [-0.39, 0.29) is 17.9 Å². The molecular formula is C12H22N2O3. The molecule has 1 heterocycles. The van der Waals surface area contributed by atoms with Crippen molar-refractivity contribution in [3.63, 3.8) is 0 Å². The minimum absolute atomic E-state index is 0.160. The second kappa shape index (κ2) is 5.80. The Morgan fingerprint density at radius 2 is 2.06 bits per heavy atom. The van der Waals surface area contributed by atoms with Crippen molar-refractivity contribution in [3.8, 4) is 0 Å². The lowest BCUT2D eigenvalue weighted by molar-refractivity contribution is -0.134. The number of carbonyl (C=O) groups excluding carboxylic acids is 1. The fourth-order valence-electron chi connectivity index (χ4n) is 2.29. The number of nitrogens with one attached hydrogen (secondary N) is 1. The van der Waals surface area contributed by atoms with Crippen LogP contribution in [0.15, 0.2) is 0 Å². The van der Waals surface area contributed by atoms with E-state index >= 15 is 0 Å². The Morgan fingerprint density at radius 1 is 1.35 bits per heavy atom. The zero-order valence-corrected chi connectivity index (χ0v) is 10.3. The van der Waals surface area contributed by atoms with Crippen LogP contribution in [0.2, 0.25) is 0 Å². The second-order valence-electron chi connectivity index (χ2n) is 5.07. The SMILES string of the molecule is O=C(CNCC1(CCO)CC1)N1CCOCC1. The van der Waals surface area contributed by atoms with Crippen LogP contribution in [0, 0.1) is 5.41 Å². The highest BCUT2D eigenvalue weighted by atomic mass is 16.5. The Kier molecular flexibility index (Phi) is 4.36. The van der Waals surface area contributed by atoms with Gasteiger partial charge in [-0.05, 0) is 24.7 Å². The Bertz CT molecular complexity index is 260. The smallest absolute Gasteiger partial charge is 0.236 e. The van der Waals surface area contributed by atoms with Crippen LogP contribution in [-0.4, -0.2) is 61.9 Å². The molecule has 0 aromatic rings. The molecule has 1 aliphatic heterocycles. The van der Waals surface area contributed by atoms with E-state index in [0.29, 0.717) is 32.8 Å². The van der Waals surface area contributed by atoms with Gasteiger partial charge >= 0.3 is 0 Å². The van der Waals surface area contributed by atoms with E-state index in [2.05, 4.69) is 5.32 Å². The predicted molar refractivity (Wildman–Crippen MR) is 63.6 cm³/mol. The summed E-state index contributed by atoms with van der Waals surface area (Å²) in [5.74, 6) is 0.160. The van der Waals surface area contributed by atoms with Gasteiger partial charge in [-0.1, -0.05) is 0 Å². The monoisotopic (exact) mass is 242 g/mol. The molecule has 0 spiro atoms. The van der Waals surface area contributed by atoms with Gasteiger partial charge in [-0.25, -0.2) is 0 Å². The molecule has 1 saturated heterocycles. The summed E-state index contributed by atoms with van der Waals surface area (Å²) in [5.41, 5.74) is 0.278. The van der Waals surface area contributed by atoms with Gasteiger partial charge in [-0.3, -0.25) is 4.79 Å². The standard InChI is InChI=1S/C12H22N2O3/c15-6-3-12(1-2-12)10-13-9-11(16)14-4-7-17-8-5-14/h13,15H,1-10H2. The molecule has 2 aliphatic rings. The number of ether oxygens (including phenoxy) is 1. The van der Waals surface area contributed by atoms with Crippen LogP contribution < -0.4 is 5.32 Å². The molecule has 0 aromatic carbocycles. The predicted octanol–water partition coefficient (Wildman–Crippen LogP) is -0.403. The van der Waals surface area contributed by atoms with Gasteiger partial charge in [-0.15, -0.1) is 0 Å². The molecule has 1 amide bonds. The fraction of sp³-hybridized carbons (Fsp3) is 0.917. The third kappa shape index (κ3) is 3.66. The number of carbonyl (C=O) groups is 1. The number of amides is 1. The van der Waals surface area contributed by atoms with Gasteiger partial charge in [0, 0.05) is 26.2 Å². The third-order valence-electron chi connectivity index (χ3n) is 3.74. The van der Waals surface area contributed by atoms with Crippen LogP contribution in [0.4, 0.5) is 0 Å². The van der Waals surface area contributed by atoms with Crippen molar-refractivity contribution in [3.05, 3.63) is 0 Å². The van der Waals surface area contributed by atoms with E-state index in [0.717, 1.165) is 13.0 Å². The van der Waals surface area contributed by atoms with Gasteiger partial charge in [-0.2, -0.15) is 0 Å². The molecule has 0 atom stereocenters. The number of morpholine rings is 1. The quantitative estimate of drug-likeness (QED) is 0.665. The summed E-state index contributed by atoms with van der Waals surface area (Å²) in [6, 6.07) is 0. The summed E-state index contributed by atoms with van der Waals surface area (Å²) in [6.07, 6.45) is 3.20. The zero-order chi connectivity index (χ0) is 12.1. The Hall–Kier alpha value is -0.650. The molecule has 1 aliphatic carbocycles. The van der Waals surface area contributed by atoms with Crippen molar-refractivity contribution in [1.82, 2.24) is 10.2 Å². The number of hydrogen-bond donors (Lipinski definition) is 2. The fourth-order valence-corrected chi connectivity index (χ4v) is 2.29. The molecule has 98 valence electrons. The minimum atomic E-state index is 0.160. The maximum absolute atomic E-state index is 11.8. The molecule has 0 bridgehead atoms. The van der Waals surface area contributed by atoms with Crippen LogP contribution in [-0.2, 0) is 9.53 Å². The van der Waals surface area contributed by atoms with Crippen LogP contribution in [0.25, 0.3) is 0 Å². The van der Waals surface area contributed by atoms with Gasteiger partial charge in [0.1, 0.15) is 0 Å². The van der Waals surface area contributed by atoms with E-state index in [9.17, 15) is 4.79 Å². The first-order valence-corrected chi connectivity index (χ1v) is 6.43. The van der Waals surface area contributed by atoms with E-state index in [1.54, 1.807) is 0 Å². The van der Waals surface area contributed by atoms with Crippen molar-refractivity contribution in [2.24, 2.45) is 5.41 Å². The van der Waals surface area contributed by atoms with Crippen LogP contribution in [0.5, 0.6) is 0 Å². The Morgan fingerprint density at radius 3 is 2.65 bits per heavy atom. The molecule has 2 N–H and O–H groups in total. The van der Waals surface area contributed by atoms with Crippen molar-refractivity contribution >= 4 is 5.91 Å². The Balaban J connectivity index is 1.62. The maximum Gasteiger partial charge on any atom is 0.236 e. The van der Waals surface area contributed by atoms with Crippen molar-refractivity contribution in [1.29, 1.82) is 0 Å². The summed E-state index contributed by atoms with van der Waals surface area (Å²) >= 11 is 0. The molecule has 0 radical (unpaired) electrons. The molecule has 17 heavy (non-hydrogen) atoms. The first kappa shape index (κ1) is 12.8. The zero-order valence-electron chi connectivity index (χ0n) is 10.3. The lowest BCUT2D eigenvalue weighted by atomic mass is 10.0.